The van der Waals surface area contributed by atoms with Crippen molar-refractivity contribution in [2.45, 2.75) is 11.5 Å². The maximum absolute atomic E-state index is 12.1. The summed E-state index contributed by atoms with van der Waals surface area (Å²) in [4.78, 5) is 14.8. The van der Waals surface area contributed by atoms with E-state index in [1.54, 1.807) is 11.9 Å². The fourth-order valence-electron chi connectivity index (χ4n) is 1.73. The first-order valence-corrected chi connectivity index (χ1v) is 7.33. The lowest BCUT2D eigenvalue weighted by Crippen LogP contribution is -2.27. The van der Waals surface area contributed by atoms with Crippen molar-refractivity contribution in [3.63, 3.8) is 0 Å². The number of nitrogens with zero attached hydrogens (tertiary/aromatic N) is 1. The largest absolute Gasteiger partial charge is 0.392 e. The summed E-state index contributed by atoms with van der Waals surface area (Å²) in [5.74, 6) is 0.455. The van der Waals surface area contributed by atoms with E-state index in [1.807, 2.05) is 54.6 Å². The Balaban J connectivity index is 1.91. The van der Waals surface area contributed by atoms with E-state index in [9.17, 15) is 4.79 Å². The molecule has 0 aliphatic heterocycles. The summed E-state index contributed by atoms with van der Waals surface area (Å²) >= 11 is 1.50. The molecule has 2 aromatic rings. The van der Waals surface area contributed by atoms with Crippen molar-refractivity contribution in [1.82, 2.24) is 0 Å². The van der Waals surface area contributed by atoms with Crippen LogP contribution in [0.25, 0.3) is 0 Å². The van der Waals surface area contributed by atoms with Crippen LogP contribution in [0, 0.1) is 0 Å². The molecule has 0 saturated carbocycles. The van der Waals surface area contributed by atoms with Crippen LogP contribution in [0.1, 0.15) is 5.56 Å². The maximum atomic E-state index is 12.1. The fourth-order valence-corrected chi connectivity index (χ4v) is 2.54. The average molecular weight is 287 g/mol. The minimum Gasteiger partial charge on any atom is -0.392 e. The molecule has 4 heteroatoms. The molecule has 104 valence electrons. The number of carbonyl (C=O) groups is 1. The van der Waals surface area contributed by atoms with Gasteiger partial charge in [-0.1, -0.05) is 30.3 Å². The molecule has 20 heavy (non-hydrogen) atoms. The number of thioether (sulfide) groups is 1. The number of amides is 1. The average Bonchev–Trinajstić information content (AvgIpc) is 2.53. The minimum atomic E-state index is 0.0423. The van der Waals surface area contributed by atoms with Crippen LogP contribution < -0.4 is 4.90 Å². The first-order chi connectivity index (χ1) is 9.70. The summed E-state index contributed by atoms with van der Waals surface area (Å²) in [5, 5.41) is 8.98. The molecule has 0 aliphatic rings. The van der Waals surface area contributed by atoms with E-state index >= 15 is 0 Å². The molecule has 0 heterocycles. The monoisotopic (exact) mass is 287 g/mol. The molecule has 0 bridgehead atoms. The van der Waals surface area contributed by atoms with Gasteiger partial charge in [-0.15, -0.1) is 11.8 Å². The van der Waals surface area contributed by atoms with E-state index in [0.717, 1.165) is 16.1 Å². The predicted octanol–water partition coefficient (Wildman–Crippen LogP) is 2.93. The minimum absolute atomic E-state index is 0.0423. The molecular formula is C16H17NO2S. The molecule has 1 amide bonds. The highest BCUT2D eigenvalue weighted by Gasteiger charge is 2.10. The zero-order valence-corrected chi connectivity index (χ0v) is 12.1. The summed E-state index contributed by atoms with van der Waals surface area (Å²) in [6.45, 7) is 0.0423. The van der Waals surface area contributed by atoms with Crippen LogP contribution in [0.3, 0.4) is 0 Å². The number of hydrogen-bond acceptors (Lipinski definition) is 3. The van der Waals surface area contributed by atoms with Crippen LogP contribution in [0.4, 0.5) is 5.69 Å². The van der Waals surface area contributed by atoms with E-state index < -0.39 is 0 Å². The summed E-state index contributed by atoms with van der Waals surface area (Å²) < 4.78 is 0. The highest BCUT2D eigenvalue weighted by Crippen LogP contribution is 2.20. The van der Waals surface area contributed by atoms with E-state index in [0.29, 0.717) is 5.75 Å². The fraction of sp³-hybridized carbons (Fsp3) is 0.188. The molecule has 0 spiro atoms. The lowest BCUT2D eigenvalue weighted by Gasteiger charge is -2.16. The Labute approximate surface area is 123 Å². The number of benzene rings is 2. The van der Waals surface area contributed by atoms with E-state index in [-0.39, 0.29) is 12.5 Å². The molecule has 2 aromatic carbocycles. The third kappa shape index (κ3) is 3.85. The van der Waals surface area contributed by atoms with Crippen LogP contribution in [0.5, 0.6) is 0 Å². The van der Waals surface area contributed by atoms with Crippen LogP contribution >= 0.6 is 11.8 Å². The molecular weight excluding hydrogens is 270 g/mol. The van der Waals surface area contributed by atoms with Gasteiger partial charge in [0.05, 0.1) is 12.4 Å². The molecule has 0 unspecified atom stereocenters. The Kier molecular flexibility index (Phi) is 5.21. The standard InChI is InChI=1S/C16H17NO2S/c1-17(14-5-3-2-4-6-14)16(19)12-20-15-9-7-13(11-18)8-10-15/h2-10,18H,11-12H2,1H3. The number of rotatable bonds is 5. The molecule has 3 nitrogen and oxygen atoms in total. The second-order valence-electron chi connectivity index (χ2n) is 4.38. The van der Waals surface area contributed by atoms with Crippen LogP contribution in [-0.2, 0) is 11.4 Å². The topological polar surface area (TPSA) is 40.5 Å². The number of para-hydroxylation sites is 1. The number of carbonyl (C=O) groups excluding carboxylic acids is 1. The summed E-state index contributed by atoms with van der Waals surface area (Å²) in [5.41, 5.74) is 1.77. The van der Waals surface area contributed by atoms with Crippen molar-refractivity contribution in [2.75, 3.05) is 17.7 Å². The van der Waals surface area contributed by atoms with Gasteiger partial charge in [0.25, 0.3) is 0 Å². The van der Waals surface area contributed by atoms with Crippen LogP contribution in [0.15, 0.2) is 59.5 Å². The Hall–Kier alpha value is -1.78. The van der Waals surface area contributed by atoms with Crippen molar-refractivity contribution in [3.8, 4) is 0 Å². The second-order valence-corrected chi connectivity index (χ2v) is 5.43. The Morgan fingerprint density at radius 3 is 2.35 bits per heavy atom. The third-order valence-electron chi connectivity index (χ3n) is 2.99. The second kappa shape index (κ2) is 7.12. The van der Waals surface area contributed by atoms with Crippen molar-refractivity contribution < 1.29 is 9.90 Å². The normalized spacial score (nSPS) is 10.3. The van der Waals surface area contributed by atoms with Gasteiger partial charge in [0.15, 0.2) is 0 Å². The molecule has 0 radical (unpaired) electrons. The first-order valence-electron chi connectivity index (χ1n) is 6.35. The summed E-state index contributed by atoms with van der Waals surface area (Å²) in [6.07, 6.45) is 0. The SMILES string of the molecule is CN(C(=O)CSc1ccc(CO)cc1)c1ccccc1. The van der Waals surface area contributed by atoms with Gasteiger partial charge in [-0.25, -0.2) is 0 Å². The third-order valence-corrected chi connectivity index (χ3v) is 3.98. The highest BCUT2D eigenvalue weighted by molar-refractivity contribution is 8.00. The van der Waals surface area contributed by atoms with Gasteiger partial charge in [-0.2, -0.15) is 0 Å². The number of aliphatic hydroxyl groups is 1. The molecule has 1 N–H and O–H groups in total. The smallest absolute Gasteiger partial charge is 0.237 e. The van der Waals surface area contributed by atoms with Gasteiger partial charge >= 0.3 is 0 Å². The maximum Gasteiger partial charge on any atom is 0.237 e. The van der Waals surface area contributed by atoms with Gasteiger partial charge in [0.1, 0.15) is 0 Å². The van der Waals surface area contributed by atoms with Gasteiger partial charge in [-0.3, -0.25) is 4.79 Å². The van der Waals surface area contributed by atoms with Crippen molar-refractivity contribution in [1.29, 1.82) is 0 Å². The van der Waals surface area contributed by atoms with Crippen LogP contribution in [-0.4, -0.2) is 23.8 Å². The first kappa shape index (κ1) is 14.6. The van der Waals surface area contributed by atoms with Gasteiger partial charge in [0, 0.05) is 17.6 Å². The van der Waals surface area contributed by atoms with Gasteiger partial charge in [0.2, 0.25) is 5.91 Å². The molecule has 0 aliphatic carbocycles. The lowest BCUT2D eigenvalue weighted by molar-refractivity contribution is -0.115. The predicted molar refractivity (Wildman–Crippen MR) is 82.9 cm³/mol. The van der Waals surface area contributed by atoms with E-state index in [4.69, 9.17) is 5.11 Å². The zero-order valence-electron chi connectivity index (χ0n) is 11.3. The molecule has 0 aromatic heterocycles. The lowest BCUT2D eigenvalue weighted by atomic mass is 10.2. The number of hydrogen-bond donors (Lipinski definition) is 1. The number of aliphatic hydroxyl groups excluding tert-OH is 1. The zero-order chi connectivity index (χ0) is 14.4. The highest BCUT2D eigenvalue weighted by atomic mass is 32.2. The quantitative estimate of drug-likeness (QED) is 0.860. The molecule has 2 rings (SSSR count). The van der Waals surface area contributed by atoms with Gasteiger partial charge < -0.3 is 10.0 Å². The Morgan fingerprint density at radius 1 is 1.10 bits per heavy atom. The van der Waals surface area contributed by atoms with E-state index in [1.165, 1.54) is 11.8 Å². The van der Waals surface area contributed by atoms with E-state index in [2.05, 4.69) is 0 Å². The Morgan fingerprint density at radius 2 is 1.75 bits per heavy atom. The summed E-state index contributed by atoms with van der Waals surface area (Å²) in [6, 6.07) is 17.2. The van der Waals surface area contributed by atoms with Gasteiger partial charge in [-0.05, 0) is 29.8 Å². The number of anilines is 1. The van der Waals surface area contributed by atoms with Crippen LogP contribution in [0.2, 0.25) is 0 Å². The molecule has 0 atom stereocenters. The van der Waals surface area contributed by atoms with Crippen molar-refractivity contribution in [3.05, 3.63) is 60.2 Å². The van der Waals surface area contributed by atoms with Crippen molar-refractivity contribution in [2.24, 2.45) is 0 Å². The summed E-state index contributed by atoms with van der Waals surface area (Å²) in [7, 11) is 1.78. The Bertz CT molecular complexity index is 554. The van der Waals surface area contributed by atoms with Crippen molar-refractivity contribution >= 4 is 23.4 Å². The molecule has 0 fully saturated rings. The molecule has 0 saturated heterocycles.